The lowest BCUT2D eigenvalue weighted by molar-refractivity contribution is -0.151. The number of rotatable bonds is 8. The van der Waals surface area contributed by atoms with E-state index in [0.717, 1.165) is 43.2 Å². The highest BCUT2D eigenvalue weighted by atomic mass is 35.5. The van der Waals surface area contributed by atoms with Gasteiger partial charge in [-0.1, -0.05) is 43.5 Å². The zero-order chi connectivity index (χ0) is 30.9. The van der Waals surface area contributed by atoms with Crippen LogP contribution in [0.15, 0.2) is 24.3 Å². The lowest BCUT2D eigenvalue weighted by Crippen LogP contribution is -2.66. The van der Waals surface area contributed by atoms with E-state index in [4.69, 9.17) is 4.74 Å². The molecule has 1 aromatic carbocycles. The van der Waals surface area contributed by atoms with Gasteiger partial charge in [0.1, 0.15) is 18.2 Å². The first-order valence-electron chi connectivity index (χ1n) is 15.4. The number of benzene rings is 1. The predicted octanol–water partition coefficient (Wildman–Crippen LogP) is 2.77. The lowest BCUT2D eigenvalue weighted by Gasteiger charge is -2.45. The van der Waals surface area contributed by atoms with Crippen LogP contribution >= 0.6 is 24.8 Å². The largest absolute Gasteiger partial charge is 0.460 e. The van der Waals surface area contributed by atoms with Gasteiger partial charge >= 0.3 is 5.97 Å². The summed E-state index contributed by atoms with van der Waals surface area (Å²) in [4.78, 5) is 56.4. The Morgan fingerprint density at radius 2 is 1.73 bits per heavy atom. The number of carbonyl (C=O) groups excluding carboxylic acids is 4. The van der Waals surface area contributed by atoms with Crippen LogP contribution in [-0.2, 0) is 30.3 Å². The molecule has 3 fully saturated rings. The number of ether oxygens (including phenoxy) is 1. The minimum absolute atomic E-state index is 0. The molecule has 1 saturated carbocycles. The number of esters is 1. The van der Waals surface area contributed by atoms with E-state index >= 15 is 0 Å². The maximum absolute atomic E-state index is 14.6. The smallest absolute Gasteiger partial charge is 0.302 e. The van der Waals surface area contributed by atoms with Gasteiger partial charge in [0.15, 0.2) is 0 Å². The van der Waals surface area contributed by atoms with E-state index in [1.54, 1.807) is 18.9 Å². The molecule has 0 spiro atoms. The van der Waals surface area contributed by atoms with Gasteiger partial charge in [-0.05, 0) is 43.9 Å². The summed E-state index contributed by atoms with van der Waals surface area (Å²) in [5, 5.41) is 8.85. The van der Waals surface area contributed by atoms with Crippen LogP contribution in [0.4, 0.5) is 8.78 Å². The molecule has 3 N–H and O–H groups in total. The molecule has 0 bridgehead atoms. The summed E-state index contributed by atoms with van der Waals surface area (Å²) in [5.41, 5.74) is 1.75. The molecule has 3 amide bonds. The van der Waals surface area contributed by atoms with Crippen LogP contribution in [0.5, 0.6) is 0 Å². The fourth-order valence-corrected chi connectivity index (χ4v) is 7.24. The van der Waals surface area contributed by atoms with Gasteiger partial charge in [0.25, 0.3) is 5.92 Å². The van der Waals surface area contributed by atoms with Crippen LogP contribution in [0.1, 0.15) is 69.5 Å². The highest BCUT2D eigenvalue weighted by molar-refractivity contribution is 5.94. The summed E-state index contributed by atoms with van der Waals surface area (Å²) in [7, 11) is 1.66. The number of carbonyl (C=O) groups is 4. The molecule has 2 aliphatic carbocycles. The SMILES string of the molecule is CN[C@@H](C)C(=O)N[C@H](C(=O)N1C[C@H]2CC(F)(F)CN2C[C@H]1C(=O)N[C@@H]1c2ccccc2C[C@@H]1OC(C)=O)C1CCCCC1.Cl.Cl. The Morgan fingerprint density at radius 1 is 1.04 bits per heavy atom. The fraction of sp³-hybridized carbons (Fsp3) is 0.677. The van der Waals surface area contributed by atoms with Crippen molar-refractivity contribution in [1.82, 2.24) is 25.8 Å². The van der Waals surface area contributed by atoms with Crippen molar-refractivity contribution in [2.45, 2.75) is 101 Å². The third-order valence-corrected chi connectivity index (χ3v) is 9.57. The number of alkyl halides is 2. The van der Waals surface area contributed by atoms with Crippen molar-refractivity contribution in [2.24, 2.45) is 5.92 Å². The van der Waals surface area contributed by atoms with Gasteiger partial charge < -0.3 is 25.6 Å². The molecule has 2 saturated heterocycles. The Morgan fingerprint density at radius 3 is 2.40 bits per heavy atom. The Balaban J connectivity index is 0.00000276. The predicted molar refractivity (Wildman–Crippen MR) is 169 cm³/mol. The topological polar surface area (TPSA) is 120 Å². The minimum Gasteiger partial charge on any atom is -0.460 e. The lowest BCUT2D eigenvalue weighted by atomic mass is 9.82. The standard InChI is InChI=1S/C31H43F2N5O5.2ClH/c1-18(34-3)28(40)35-26(20-9-5-4-6-10-20)30(42)38-15-22-14-31(32,33)17-37(22)16-24(38)29(41)36-27-23-12-8-7-11-21(23)13-25(27)43-19(2)39;;/h7-8,11-12,18,20,22,24-27,34H,4-6,9-10,13-17H2,1-3H3,(H,35,40)(H,36,41);2*1H/t18-,22+,24-,25-,26-,27+;;/m0../s1. The summed E-state index contributed by atoms with van der Waals surface area (Å²) in [6.45, 7) is 2.44. The second kappa shape index (κ2) is 15.4. The highest BCUT2D eigenvalue weighted by Crippen LogP contribution is 2.38. The number of fused-ring (bicyclic) bond motifs is 2. The third kappa shape index (κ3) is 8.25. The number of nitrogens with one attached hydrogen (secondary N) is 3. The van der Waals surface area contributed by atoms with Crippen molar-refractivity contribution in [3.63, 3.8) is 0 Å². The molecule has 6 atom stereocenters. The molecule has 10 nitrogen and oxygen atoms in total. The van der Waals surface area contributed by atoms with Crippen molar-refractivity contribution in [3.8, 4) is 0 Å². The number of hydrogen-bond acceptors (Lipinski definition) is 7. The van der Waals surface area contributed by atoms with E-state index in [9.17, 15) is 28.0 Å². The van der Waals surface area contributed by atoms with Gasteiger partial charge in [-0.15, -0.1) is 24.8 Å². The Bertz CT molecular complexity index is 1240. The first-order valence-corrected chi connectivity index (χ1v) is 15.4. The van der Waals surface area contributed by atoms with Crippen molar-refractivity contribution < 1.29 is 32.7 Å². The number of amides is 3. The van der Waals surface area contributed by atoms with Gasteiger partial charge in [0, 0.05) is 38.9 Å². The van der Waals surface area contributed by atoms with Crippen LogP contribution in [0.2, 0.25) is 0 Å². The van der Waals surface area contributed by atoms with Crippen molar-refractivity contribution in [1.29, 1.82) is 0 Å². The molecular weight excluding hydrogens is 631 g/mol. The number of likely N-dealkylation sites (N-methyl/N-ethyl adjacent to an activating group) is 1. The average molecular weight is 677 g/mol. The summed E-state index contributed by atoms with van der Waals surface area (Å²) in [5.74, 6) is -4.76. The van der Waals surface area contributed by atoms with Crippen molar-refractivity contribution in [2.75, 3.05) is 26.7 Å². The average Bonchev–Trinajstić information content (AvgIpc) is 3.48. The number of hydrogen-bond donors (Lipinski definition) is 3. The summed E-state index contributed by atoms with van der Waals surface area (Å²) >= 11 is 0. The Labute approximate surface area is 275 Å². The van der Waals surface area contributed by atoms with Crippen LogP contribution < -0.4 is 16.0 Å². The molecule has 252 valence electrons. The normalized spacial score (nSPS) is 27.1. The minimum atomic E-state index is -2.92. The molecule has 1 aromatic rings. The molecule has 5 rings (SSSR count). The van der Waals surface area contributed by atoms with Crippen LogP contribution in [-0.4, -0.2) is 96.4 Å². The van der Waals surface area contributed by atoms with E-state index in [-0.39, 0.29) is 49.7 Å². The van der Waals surface area contributed by atoms with Crippen LogP contribution in [0, 0.1) is 5.92 Å². The summed E-state index contributed by atoms with van der Waals surface area (Å²) in [6.07, 6.45) is 3.81. The molecule has 0 aromatic heterocycles. The molecule has 14 heteroatoms. The van der Waals surface area contributed by atoms with Gasteiger partial charge in [-0.25, -0.2) is 8.78 Å². The monoisotopic (exact) mass is 675 g/mol. The molecular formula is C31H45Cl2F2N5O5. The third-order valence-electron chi connectivity index (χ3n) is 9.57. The number of nitrogens with zero attached hydrogens (tertiary/aromatic N) is 2. The van der Waals surface area contributed by atoms with Crippen LogP contribution in [0.3, 0.4) is 0 Å². The fourth-order valence-electron chi connectivity index (χ4n) is 7.24. The van der Waals surface area contributed by atoms with Crippen LogP contribution in [0.25, 0.3) is 0 Å². The van der Waals surface area contributed by atoms with Gasteiger partial charge in [-0.3, -0.25) is 24.1 Å². The maximum Gasteiger partial charge on any atom is 0.302 e. The van der Waals surface area contributed by atoms with Gasteiger partial charge in [-0.2, -0.15) is 0 Å². The van der Waals surface area contributed by atoms with E-state index in [2.05, 4.69) is 16.0 Å². The van der Waals surface area contributed by atoms with E-state index in [1.807, 2.05) is 24.3 Å². The highest BCUT2D eigenvalue weighted by Gasteiger charge is 2.52. The van der Waals surface area contributed by atoms with Gasteiger partial charge in [0.05, 0.1) is 18.6 Å². The molecule has 0 unspecified atom stereocenters. The maximum atomic E-state index is 14.6. The number of halogens is 4. The van der Waals surface area contributed by atoms with Crippen molar-refractivity contribution in [3.05, 3.63) is 35.4 Å². The van der Waals surface area contributed by atoms with E-state index in [1.165, 1.54) is 11.8 Å². The number of piperazine rings is 1. The molecule has 4 aliphatic rings. The van der Waals surface area contributed by atoms with E-state index < -0.39 is 73.0 Å². The second-order valence-electron chi connectivity index (χ2n) is 12.6. The molecule has 2 heterocycles. The first-order chi connectivity index (χ1) is 20.5. The van der Waals surface area contributed by atoms with Gasteiger partial charge in [0.2, 0.25) is 17.7 Å². The molecule has 0 radical (unpaired) electrons. The Kier molecular flexibility index (Phi) is 12.6. The zero-order valence-corrected chi connectivity index (χ0v) is 27.6. The molecule has 2 aliphatic heterocycles. The Hall–Kier alpha value is -2.54. The van der Waals surface area contributed by atoms with Crippen molar-refractivity contribution >= 4 is 48.5 Å². The summed E-state index contributed by atoms with van der Waals surface area (Å²) in [6, 6.07) is 3.78. The zero-order valence-electron chi connectivity index (χ0n) is 25.9. The second-order valence-corrected chi connectivity index (χ2v) is 12.6. The molecule has 45 heavy (non-hydrogen) atoms. The first kappa shape index (κ1) is 36.9. The quantitative estimate of drug-likeness (QED) is 0.363. The summed E-state index contributed by atoms with van der Waals surface area (Å²) < 4.78 is 34.7. The van der Waals surface area contributed by atoms with E-state index in [0.29, 0.717) is 6.42 Å².